The maximum Gasteiger partial charge on any atom is 0.170 e. The summed E-state index contributed by atoms with van der Waals surface area (Å²) in [5.74, 6) is 0.535. The number of aliphatic hydroxyl groups is 1. The molecule has 0 aliphatic heterocycles. The molecule has 0 radical (unpaired) electrons. The molecule has 0 spiro atoms. The van der Waals surface area contributed by atoms with Gasteiger partial charge in [-0.3, -0.25) is 0 Å². The van der Waals surface area contributed by atoms with E-state index in [1.807, 2.05) is 25.1 Å². The van der Waals surface area contributed by atoms with Crippen LogP contribution in [0, 0.1) is 5.92 Å². The van der Waals surface area contributed by atoms with Crippen LogP contribution in [-0.4, -0.2) is 28.3 Å². The van der Waals surface area contributed by atoms with Crippen molar-refractivity contribution in [1.82, 2.24) is 5.32 Å². The number of hydrogen-bond acceptors (Lipinski definition) is 4. The molecule has 0 aliphatic carbocycles. The molecule has 5 heteroatoms. The fraction of sp³-hybridized carbons (Fsp3) is 0.533. The monoisotopic (exact) mass is 279 g/mol. The minimum atomic E-state index is -0.736. The molecule has 1 rings (SSSR count). The average Bonchev–Trinajstić information content (AvgIpc) is 2.36. The van der Waals surface area contributed by atoms with Crippen LogP contribution >= 0.6 is 0 Å². The van der Waals surface area contributed by atoms with Crippen LogP contribution in [-0.2, 0) is 6.54 Å². The summed E-state index contributed by atoms with van der Waals surface area (Å²) in [5, 5.41) is 25.3. The van der Waals surface area contributed by atoms with Crippen molar-refractivity contribution in [2.24, 2.45) is 16.8 Å². The van der Waals surface area contributed by atoms with Crippen LogP contribution in [0.4, 0.5) is 0 Å². The maximum atomic E-state index is 10.2. The lowest BCUT2D eigenvalue weighted by Gasteiger charge is -2.26. The standard InChI is InChI=1S/C15H25N3O2/c1-11(2)8-15(3,19)10-17-9-12-6-4-5-7-13(12)14(16)18-20/h4-7,11,17,19-20H,8-10H2,1-3H3,(H2,16,18). The minimum absolute atomic E-state index is 0.0938. The fourth-order valence-electron chi connectivity index (χ4n) is 2.40. The topological polar surface area (TPSA) is 90.9 Å². The first-order valence-corrected chi connectivity index (χ1v) is 6.84. The van der Waals surface area contributed by atoms with E-state index in [9.17, 15) is 5.11 Å². The van der Waals surface area contributed by atoms with Gasteiger partial charge in [-0.15, -0.1) is 0 Å². The van der Waals surface area contributed by atoms with Gasteiger partial charge >= 0.3 is 0 Å². The fourth-order valence-corrected chi connectivity index (χ4v) is 2.40. The van der Waals surface area contributed by atoms with Crippen molar-refractivity contribution in [3.63, 3.8) is 0 Å². The summed E-state index contributed by atoms with van der Waals surface area (Å²) >= 11 is 0. The van der Waals surface area contributed by atoms with Gasteiger partial charge in [0.2, 0.25) is 0 Å². The Morgan fingerprint density at radius 1 is 1.40 bits per heavy atom. The second kappa shape index (κ2) is 7.26. The van der Waals surface area contributed by atoms with Crippen LogP contribution < -0.4 is 11.1 Å². The molecule has 5 N–H and O–H groups in total. The summed E-state index contributed by atoms with van der Waals surface area (Å²) in [6.07, 6.45) is 0.738. The van der Waals surface area contributed by atoms with Gasteiger partial charge in [0.1, 0.15) is 0 Å². The molecular weight excluding hydrogens is 254 g/mol. The Morgan fingerprint density at radius 2 is 2.05 bits per heavy atom. The highest BCUT2D eigenvalue weighted by Gasteiger charge is 2.21. The van der Waals surface area contributed by atoms with Gasteiger partial charge in [0.25, 0.3) is 0 Å². The second-order valence-corrected chi connectivity index (χ2v) is 5.84. The summed E-state index contributed by atoms with van der Waals surface area (Å²) in [6.45, 7) is 7.05. The van der Waals surface area contributed by atoms with Crippen LogP contribution in [0.5, 0.6) is 0 Å². The Bertz CT molecular complexity index is 456. The van der Waals surface area contributed by atoms with Gasteiger partial charge in [0.05, 0.1) is 5.60 Å². The van der Waals surface area contributed by atoms with E-state index in [-0.39, 0.29) is 5.84 Å². The number of oxime groups is 1. The quantitative estimate of drug-likeness (QED) is 0.264. The summed E-state index contributed by atoms with van der Waals surface area (Å²) in [7, 11) is 0. The highest BCUT2D eigenvalue weighted by Crippen LogP contribution is 2.15. The molecule has 1 aromatic carbocycles. The van der Waals surface area contributed by atoms with E-state index < -0.39 is 5.60 Å². The van der Waals surface area contributed by atoms with E-state index in [0.717, 1.165) is 12.0 Å². The Balaban J connectivity index is 2.63. The third-order valence-electron chi connectivity index (χ3n) is 3.07. The molecule has 0 aliphatic rings. The zero-order valence-corrected chi connectivity index (χ0v) is 12.4. The first-order chi connectivity index (χ1) is 9.35. The molecule has 1 unspecified atom stereocenters. The van der Waals surface area contributed by atoms with E-state index >= 15 is 0 Å². The van der Waals surface area contributed by atoms with Crippen LogP contribution in [0.25, 0.3) is 0 Å². The van der Waals surface area contributed by atoms with Gasteiger partial charge in [0, 0.05) is 18.7 Å². The van der Waals surface area contributed by atoms with E-state index in [1.54, 1.807) is 6.07 Å². The SMILES string of the molecule is CC(C)CC(C)(O)CNCc1ccccc1C(N)=NO. The summed E-state index contributed by atoms with van der Waals surface area (Å²) in [4.78, 5) is 0. The number of rotatable bonds is 7. The van der Waals surface area contributed by atoms with Gasteiger partial charge in [-0.2, -0.15) is 0 Å². The van der Waals surface area contributed by atoms with Crippen molar-refractivity contribution in [3.05, 3.63) is 35.4 Å². The molecule has 0 amide bonds. The van der Waals surface area contributed by atoms with E-state index in [1.165, 1.54) is 0 Å². The predicted molar refractivity (Wildman–Crippen MR) is 80.7 cm³/mol. The van der Waals surface area contributed by atoms with Crippen LogP contribution in [0.3, 0.4) is 0 Å². The van der Waals surface area contributed by atoms with Gasteiger partial charge in [-0.25, -0.2) is 0 Å². The van der Waals surface area contributed by atoms with Crippen molar-refractivity contribution < 1.29 is 10.3 Å². The molecule has 0 saturated heterocycles. The molecule has 1 atom stereocenters. The smallest absolute Gasteiger partial charge is 0.170 e. The van der Waals surface area contributed by atoms with E-state index in [0.29, 0.717) is 24.6 Å². The molecule has 20 heavy (non-hydrogen) atoms. The molecule has 0 aromatic heterocycles. The molecular formula is C15H25N3O2. The van der Waals surface area contributed by atoms with Crippen LogP contribution in [0.15, 0.2) is 29.4 Å². The summed E-state index contributed by atoms with van der Waals surface area (Å²) in [6, 6.07) is 7.46. The molecule has 1 aromatic rings. The van der Waals surface area contributed by atoms with E-state index in [2.05, 4.69) is 24.3 Å². The first kappa shape index (κ1) is 16.5. The molecule has 5 nitrogen and oxygen atoms in total. The van der Waals surface area contributed by atoms with Gasteiger partial charge in [-0.1, -0.05) is 43.3 Å². The number of hydrogen-bond donors (Lipinski definition) is 4. The Hall–Kier alpha value is -1.59. The number of nitrogens with one attached hydrogen (secondary N) is 1. The lowest BCUT2D eigenvalue weighted by atomic mass is 9.94. The molecule has 0 fully saturated rings. The van der Waals surface area contributed by atoms with Gasteiger partial charge in [-0.05, 0) is 24.8 Å². The predicted octanol–water partition coefficient (Wildman–Crippen LogP) is 1.67. The Labute approximate surface area is 120 Å². The third-order valence-corrected chi connectivity index (χ3v) is 3.07. The maximum absolute atomic E-state index is 10.2. The number of nitrogens with zero attached hydrogens (tertiary/aromatic N) is 1. The Kier molecular flexibility index (Phi) is 5.98. The molecule has 112 valence electrons. The summed E-state index contributed by atoms with van der Waals surface area (Å²) in [5.41, 5.74) is 6.54. The lowest BCUT2D eigenvalue weighted by Crippen LogP contribution is -2.38. The largest absolute Gasteiger partial charge is 0.409 e. The van der Waals surface area contributed by atoms with Gasteiger partial charge < -0.3 is 21.4 Å². The van der Waals surface area contributed by atoms with E-state index in [4.69, 9.17) is 10.9 Å². The lowest BCUT2D eigenvalue weighted by molar-refractivity contribution is 0.0383. The van der Waals surface area contributed by atoms with Crippen molar-refractivity contribution >= 4 is 5.84 Å². The van der Waals surface area contributed by atoms with Crippen LogP contribution in [0.2, 0.25) is 0 Å². The number of amidine groups is 1. The van der Waals surface area contributed by atoms with Crippen molar-refractivity contribution in [2.45, 2.75) is 39.3 Å². The minimum Gasteiger partial charge on any atom is -0.409 e. The second-order valence-electron chi connectivity index (χ2n) is 5.84. The third kappa shape index (κ3) is 5.19. The normalized spacial score (nSPS) is 15.3. The van der Waals surface area contributed by atoms with Crippen molar-refractivity contribution in [3.8, 4) is 0 Å². The number of benzene rings is 1. The zero-order valence-electron chi connectivity index (χ0n) is 12.4. The van der Waals surface area contributed by atoms with Crippen molar-refractivity contribution in [2.75, 3.05) is 6.54 Å². The first-order valence-electron chi connectivity index (χ1n) is 6.84. The molecule has 0 bridgehead atoms. The highest BCUT2D eigenvalue weighted by atomic mass is 16.4. The molecule has 0 saturated carbocycles. The highest BCUT2D eigenvalue weighted by molar-refractivity contribution is 5.98. The zero-order chi connectivity index (χ0) is 15.2. The summed E-state index contributed by atoms with van der Waals surface area (Å²) < 4.78 is 0. The molecule has 0 heterocycles. The Morgan fingerprint density at radius 3 is 2.65 bits per heavy atom. The van der Waals surface area contributed by atoms with Crippen LogP contribution in [0.1, 0.15) is 38.3 Å². The average molecular weight is 279 g/mol. The van der Waals surface area contributed by atoms with Gasteiger partial charge in [0.15, 0.2) is 5.84 Å². The van der Waals surface area contributed by atoms with Crippen molar-refractivity contribution in [1.29, 1.82) is 0 Å². The number of nitrogens with two attached hydrogens (primary N) is 1.